The van der Waals surface area contributed by atoms with E-state index in [2.05, 4.69) is 16.3 Å². The zero-order valence-corrected chi connectivity index (χ0v) is 13.0. The molecule has 1 fully saturated rings. The second-order valence-corrected chi connectivity index (χ2v) is 5.99. The first kappa shape index (κ1) is 14.8. The van der Waals surface area contributed by atoms with Crippen LogP contribution in [0.4, 0.5) is 0 Å². The van der Waals surface area contributed by atoms with Crippen molar-refractivity contribution in [3.05, 3.63) is 48.0 Å². The molecule has 3 rings (SSSR count). The van der Waals surface area contributed by atoms with Gasteiger partial charge in [0.05, 0.1) is 12.2 Å². The largest absolute Gasteiger partial charge is 0.341 e. The molecule has 0 N–H and O–H groups in total. The summed E-state index contributed by atoms with van der Waals surface area (Å²) in [5.41, 5.74) is 2.33. The number of nitrogens with zero attached hydrogens (tertiary/aromatic N) is 4. The Kier molecular flexibility index (Phi) is 4.51. The molecule has 3 heterocycles. The average Bonchev–Trinajstić information content (AvgIpc) is 3.00. The number of hydrogen-bond donors (Lipinski definition) is 0. The monoisotopic (exact) mass is 298 g/mol. The highest BCUT2D eigenvalue weighted by Crippen LogP contribution is 2.22. The first-order chi connectivity index (χ1) is 10.7. The highest BCUT2D eigenvalue weighted by atomic mass is 16.2. The van der Waals surface area contributed by atoms with Gasteiger partial charge in [0.1, 0.15) is 0 Å². The molecule has 1 saturated heterocycles. The van der Waals surface area contributed by atoms with Crippen LogP contribution in [-0.4, -0.2) is 38.7 Å². The molecule has 0 bridgehead atoms. The summed E-state index contributed by atoms with van der Waals surface area (Å²) in [7, 11) is 0. The van der Waals surface area contributed by atoms with Crippen molar-refractivity contribution in [1.82, 2.24) is 19.7 Å². The molecule has 1 atom stereocenters. The van der Waals surface area contributed by atoms with Crippen molar-refractivity contribution in [3.8, 4) is 0 Å². The molecule has 0 radical (unpaired) electrons. The lowest BCUT2D eigenvalue weighted by Crippen LogP contribution is -2.40. The van der Waals surface area contributed by atoms with Crippen LogP contribution in [0.1, 0.15) is 36.4 Å². The first-order valence-electron chi connectivity index (χ1n) is 7.90. The molecular formula is C17H22N4O. The van der Waals surface area contributed by atoms with Crippen molar-refractivity contribution in [3.63, 3.8) is 0 Å². The van der Waals surface area contributed by atoms with Crippen LogP contribution in [0.15, 0.2) is 36.9 Å². The van der Waals surface area contributed by atoms with Crippen LogP contribution in [0.5, 0.6) is 0 Å². The minimum Gasteiger partial charge on any atom is -0.341 e. The second-order valence-electron chi connectivity index (χ2n) is 5.99. The highest BCUT2D eigenvalue weighted by Gasteiger charge is 2.24. The lowest BCUT2D eigenvalue weighted by Gasteiger charge is -2.33. The van der Waals surface area contributed by atoms with Gasteiger partial charge in [-0.3, -0.25) is 14.5 Å². The predicted octanol–water partition coefficient (Wildman–Crippen LogP) is 2.38. The van der Waals surface area contributed by atoms with Gasteiger partial charge in [0.15, 0.2) is 0 Å². The Bertz CT molecular complexity index is 623. The second kappa shape index (κ2) is 6.73. The van der Waals surface area contributed by atoms with Gasteiger partial charge in [0, 0.05) is 38.1 Å². The first-order valence-corrected chi connectivity index (χ1v) is 7.90. The number of likely N-dealkylation sites (tertiary alicyclic amines) is 1. The topological polar surface area (TPSA) is 51.0 Å². The van der Waals surface area contributed by atoms with Crippen LogP contribution in [-0.2, 0) is 11.2 Å². The molecule has 0 spiro atoms. The normalized spacial score (nSPS) is 18.4. The van der Waals surface area contributed by atoms with Crippen molar-refractivity contribution >= 4 is 5.91 Å². The van der Waals surface area contributed by atoms with Gasteiger partial charge in [-0.15, -0.1) is 0 Å². The van der Waals surface area contributed by atoms with Crippen LogP contribution in [0, 0.1) is 6.92 Å². The molecular weight excluding hydrogens is 276 g/mol. The summed E-state index contributed by atoms with van der Waals surface area (Å²) in [6, 6.07) is 4.25. The number of amides is 1. The van der Waals surface area contributed by atoms with E-state index in [0.29, 0.717) is 12.5 Å². The van der Waals surface area contributed by atoms with Gasteiger partial charge in [-0.25, -0.2) is 0 Å². The summed E-state index contributed by atoms with van der Waals surface area (Å²) < 4.78 is 2.01. The Labute approximate surface area is 131 Å². The maximum Gasteiger partial charge on any atom is 0.222 e. The van der Waals surface area contributed by atoms with Crippen LogP contribution in [0.3, 0.4) is 0 Å². The zero-order valence-electron chi connectivity index (χ0n) is 13.0. The van der Waals surface area contributed by atoms with E-state index in [1.165, 1.54) is 11.1 Å². The molecule has 2 aromatic heterocycles. The molecule has 0 unspecified atom stereocenters. The van der Waals surface area contributed by atoms with E-state index in [9.17, 15) is 4.79 Å². The van der Waals surface area contributed by atoms with E-state index in [0.717, 1.165) is 32.4 Å². The molecule has 116 valence electrons. The third kappa shape index (κ3) is 3.53. The van der Waals surface area contributed by atoms with Crippen LogP contribution in [0.2, 0.25) is 0 Å². The van der Waals surface area contributed by atoms with E-state index in [4.69, 9.17) is 0 Å². The SMILES string of the molecule is Cc1cnn([C@@H]2CCCN(C(=O)CCc3ccncc3)C2)c1. The van der Waals surface area contributed by atoms with Gasteiger partial charge in [-0.2, -0.15) is 5.10 Å². The smallest absolute Gasteiger partial charge is 0.222 e. The van der Waals surface area contributed by atoms with Crippen molar-refractivity contribution in [2.45, 2.75) is 38.6 Å². The lowest BCUT2D eigenvalue weighted by molar-refractivity contribution is -0.132. The quantitative estimate of drug-likeness (QED) is 0.871. The maximum atomic E-state index is 12.4. The summed E-state index contributed by atoms with van der Waals surface area (Å²) in [5, 5.41) is 4.40. The predicted molar refractivity (Wildman–Crippen MR) is 84.4 cm³/mol. The molecule has 1 aliphatic rings. The number of hydrogen-bond acceptors (Lipinski definition) is 3. The highest BCUT2D eigenvalue weighted by molar-refractivity contribution is 5.76. The molecule has 5 heteroatoms. The molecule has 0 aliphatic carbocycles. The number of carbonyl (C=O) groups is 1. The van der Waals surface area contributed by atoms with Crippen molar-refractivity contribution in [2.24, 2.45) is 0 Å². The standard InChI is InChI=1S/C17H22N4O/c1-14-11-19-21(12-14)16-3-2-10-20(13-16)17(22)5-4-15-6-8-18-9-7-15/h6-9,11-12,16H,2-5,10,13H2,1H3/t16-/m1/s1. The van der Waals surface area contributed by atoms with E-state index in [1.54, 1.807) is 12.4 Å². The molecule has 2 aromatic rings. The molecule has 0 saturated carbocycles. The summed E-state index contributed by atoms with van der Waals surface area (Å²) >= 11 is 0. The Morgan fingerprint density at radius 3 is 2.91 bits per heavy atom. The molecule has 1 aliphatic heterocycles. The van der Waals surface area contributed by atoms with E-state index in [-0.39, 0.29) is 5.91 Å². The number of carbonyl (C=O) groups excluding carboxylic acids is 1. The van der Waals surface area contributed by atoms with Crippen LogP contribution < -0.4 is 0 Å². The number of pyridine rings is 1. The number of rotatable bonds is 4. The lowest BCUT2D eigenvalue weighted by atomic mass is 10.0. The fourth-order valence-corrected chi connectivity index (χ4v) is 2.99. The Morgan fingerprint density at radius 2 is 2.18 bits per heavy atom. The molecule has 0 aromatic carbocycles. The van der Waals surface area contributed by atoms with E-state index < -0.39 is 0 Å². The Balaban J connectivity index is 1.56. The maximum absolute atomic E-state index is 12.4. The summed E-state index contributed by atoms with van der Waals surface area (Å²) in [6.45, 7) is 3.69. The summed E-state index contributed by atoms with van der Waals surface area (Å²) in [4.78, 5) is 18.4. The van der Waals surface area contributed by atoms with Crippen LogP contribution in [0.25, 0.3) is 0 Å². The number of piperidine rings is 1. The van der Waals surface area contributed by atoms with Crippen LogP contribution >= 0.6 is 0 Å². The zero-order chi connectivity index (χ0) is 15.4. The third-order valence-electron chi connectivity index (χ3n) is 4.23. The van der Waals surface area contributed by atoms with Crippen molar-refractivity contribution < 1.29 is 4.79 Å². The molecule has 22 heavy (non-hydrogen) atoms. The summed E-state index contributed by atoms with van der Waals surface area (Å²) in [5.74, 6) is 0.241. The minimum absolute atomic E-state index is 0.241. The van der Waals surface area contributed by atoms with Crippen molar-refractivity contribution in [1.29, 1.82) is 0 Å². The van der Waals surface area contributed by atoms with E-state index in [1.807, 2.05) is 34.8 Å². The molecule has 5 nitrogen and oxygen atoms in total. The third-order valence-corrected chi connectivity index (χ3v) is 4.23. The Hall–Kier alpha value is -2.17. The van der Waals surface area contributed by atoms with Gasteiger partial charge < -0.3 is 4.90 Å². The Morgan fingerprint density at radius 1 is 1.36 bits per heavy atom. The fraction of sp³-hybridized carbons (Fsp3) is 0.471. The van der Waals surface area contributed by atoms with Gasteiger partial charge in [-0.05, 0) is 49.4 Å². The average molecular weight is 298 g/mol. The molecule has 1 amide bonds. The van der Waals surface area contributed by atoms with Gasteiger partial charge in [0.25, 0.3) is 0 Å². The fourth-order valence-electron chi connectivity index (χ4n) is 2.99. The van der Waals surface area contributed by atoms with Gasteiger partial charge in [0.2, 0.25) is 5.91 Å². The number of aryl methyl sites for hydroxylation is 2. The minimum atomic E-state index is 0.241. The van der Waals surface area contributed by atoms with Gasteiger partial charge >= 0.3 is 0 Å². The van der Waals surface area contributed by atoms with E-state index >= 15 is 0 Å². The van der Waals surface area contributed by atoms with Gasteiger partial charge in [-0.1, -0.05) is 0 Å². The number of aromatic nitrogens is 3. The van der Waals surface area contributed by atoms with Crippen molar-refractivity contribution in [2.75, 3.05) is 13.1 Å². The summed E-state index contributed by atoms with van der Waals surface area (Å²) in [6.07, 6.45) is 11.0.